The molecule has 0 unspecified atom stereocenters. The highest BCUT2D eigenvalue weighted by Gasteiger charge is 2.32. The molecule has 0 saturated heterocycles. The molecule has 0 atom stereocenters. The third kappa shape index (κ3) is 2.31. The fraction of sp³-hybridized carbons (Fsp3) is 0.176. The number of aryl methyl sites for hydroxylation is 1. The third-order valence-corrected chi connectivity index (χ3v) is 3.49. The van der Waals surface area contributed by atoms with E-state index in [-0.39, 0.29) is 12.1 Å². The number of rotatable bonds is 3. The summed E-state index contributed by atoms with van der Waals surface area (Å²) >= 11 is 0. The van der Waals surface area contributed by atoms with Gasteiger partial charge in [-0.3, -0.25) is 0 Å². The van der Waals surface area contributed by atoms with Crippen LogP contribution < -0.4 is 0 Å². The molecule has 0 aliphatic rings. The van der Waals surface area contributed by atoms with Crippen LogP contribution in [0.25, 0.3) is 10.9 Å². The Morgan fingerprint density at radius 3 is 2.50 bits per heavy atom. The molecular weight excluding hydrogens is 256 g/mol. The molecule has 0 N–H and O–H groups in total. The van der Waals surface area contributed by atoms with Crippen LogP contribution in [0, 0.1) is 6.92 Å². The summed E-state index contributed by atoms with van der Waals surface area (Å²) in [7, 11) is 0. The first-order valence-corrected chi connectivity index (χ1v) is 6.55. The first-order valence-electron chi connectivity index (χ1n) is 6.55. The van der Waals surface area contributed by atoms with Crippen LogP contribution in [-0.4, -0.2) is 4.57 Å². The molecule has 20 heavy (non-hydrogen) atoms. The molecule has 0 bridgehead atoms. The van der Waals surface area contributed by atoms with Crippen molar-refractivity contribution in [2.24, 2.45) is 0 Å². The van der Waals surface area contributed by atoms with Crippen molar-refractivity contribution in [1.82, 2.24) is 4.57 Å². The molecule has 0 spiro atoms. The Bertz CT molecular complexity index is 729. The summed E-state index contributed by atoms with van der Waals surface area (Å²) in [6, 6.07) is 15.7. The van der Waals surface area contributed by atoms with Gasteiger partial charge in [0.15, 0.2) is 0 Å². The zero-order chi connectivity index (χ0) is 14.2. The van der Waals surface area contributed by atoms with Crippen molar-refractivity contribution in [3.8, 4) is 0 Å². The zero-order valence-corrected chi connectivity index (χ0v) is 11.2. The first kappa shape index (κ1) is 12.9. The Balaban J connectivity index is 1.97. The lowest BCUT2D eigenvalue weighted by Crippen LogP contribution is -2.20. The van der Waals surface area contributed by atoms with Crippen LogP contribution in [0.3, 0.4) is 0 Å². The molecule has 2 aromatic carbocycles. The van der Waals surface area contributed by atoms with Gasteiger partial charge in [0.2, 0.25) is 0 Å². The number of benzene rings is 2. The highest BCUT2D eigenvalue weighted by Crippen LogP contribution is 2.31. The van der Waals surface area contributed by atoms with Gasteiger partial charge < -0.3 is 4.57 Å². The van der Waals surface area contributed by atoms with Crippen molar-refractivity contribution in [2.75, 3.05) is 0 Å². The van der Waals surface area contributed by atoms with Gasteiger partial charge in [-0.05, 0) is 30.5 Å². The average molecular weight is 271 g/mol. The minimum atomic E-state index is -2.88. The quantitative estimate of drug-likeness (QED) is 0.648. The van der Waals surface area contributed by atoms with Crippen molar-refractivity contribution in [3.05, 3.63) is 71.9 Å². The molecule has 102 valence electrons. The second-order valence-corrected chi connectivity index (χ2v) is 5.08. The topological polar surface area (TPSA) is 4.93 Å². The van der Waals surface area contributed by atoms with Crippen LogP contribution in [0.5, 0.6) is 0 Å². The van der Waals surface area contributed by atoms with Gasteiger partial charge in [-0.1, -0.05) is 42.0 Å². The minimum Gasteiger partial charge on any atom is -0.341 e. The number of hydrogen-bond acceptors (Lipinski definition) is 0. The summed E-state index contributed by atoms with van der Waals surface area (Å²) in [5, 5.41) is 0.994. The molecule has 1 aromatic heterocycles. The van der Waals surface area contributed by atoms with E-state index >= 15 is 0 Å². The Labute approximate surface area is 116 Å². The number of aromatic nitrogens is 1. The lowest BCUT2D eigenvalue weighted by atomic mass is 10.1. The average Bonchev–Trinajstić information content (AvgIpc) is 2.81. The van der Waals surface area contributed by atoms with Crippen LogP contribution in [0.4, 0.5) is 8.78 Å². The molecule has 3 rings (SSSR count). The monoisotopic (exact) mass is 271 g/mol. The van der Waals surface area contributed by atoms with Gasteiger partial charge in [0.05, 0.1) is 6.54 Å². The van der Waals surface area contributed by atoms with E-state index in [1.165, 1.54) is 12.1 Å². The maximum atomic E-state index is 14.3. The first-order chi connectivity index (χ1) is 9.56. The Morgan fingerprint density at radius 2 is 1.75 bits per heavy atom. The molecule has 0 radical (unpaired) electrons. The Hall–Kier alpha value is -2.16. The van der Waals surface area contributed by atoms with Crippen molar-refractivity contribution in [3.63, 3.8) is 0 Å². The van der Waals surface area contributed by atoms with Crippen molar-refractivity contribution in [2.45, 2.75) is 19.4 Å². The second kappa shape index (κ2) is 4.75. The van der Waals surface area contributed by atoms with Crippen LogP contribution in [-0.2, 0) is 12.5 Å². The molecular formula is C17H15F2N. The molecule has 1 heterocycles. The predicted molar refractivity (Wildman–Crippen MR) is 77.0 cm³/mol. The summed E-state index contributed by atoms with van der Waals surface area (Å²) in [5.74, 6) is -2.88. The third-order valence-electron chi connectivity index (χ3n) is 3.49. The molecule has 3 heteroatoms. The second-order valence-electron chi connectivity index (χ2n) is 5.08. The predicted octanol–water partition coefficient (Wildman–Crippen LogP) is 4.74. The Morgan fingerprint density at radius 1 is 1.00 bits per heavy atom. The number of hydrogen-bond donors (Lipinski definition) is 0. The lowest BCUT2D eigenvalue weighted by molar-refractivity contribution is -0.0211. The van der Waals surface area contributed by atoms with Crippen molar-refractivity contribution >= 4 is 10.9 Å². The van der Waals surface area contributed by atoms with E-state index in [2.05, 4.69) is 0 Å². The summed E-state index contributed by atoms with van der Waals surface area (Å²) in [4.78, 5) is 0. The number of halogens is 2. The molecule has 3 aromatic rings. The van der Waals surface area contributed by atoms with E-state index in [0.717, 1.165) is 16.5 Å². The van der Waals surface area contributed by atoms with Gasteiger partial charge in [0.25, 0.3) is 5.92 Å². The number of nitrogens with zero attached hydrogens (tertiary/aromatic N) is 1. The van der Waals surface area contributed by atoms with Crippen molar-refractivity contribution in [1.29, 1.82) is 0 Å². The molecule has 0 aliphatic carbocycles. The van der Waals surface area contributed by atoms with E-state index in [4.69, 9.17) is 0 Å². The maximum absolute atomic E-state index is 14.3. The number of alkyl halides is 2. The maximum Gasteiger partial charge on any atom is 0.290 e. The van der Waals surface area contributed by atoms with Gasteiger partial charge in [0, 0.05) is 17.3 Å². The zero-order valence-electron chi connectivity index (χ0n) is 11.2. The van der Waals surface area contributed by atoms with E-state index in [0.29, 0.717) is 0 Å². The van der Waals surface area contributed by atoms with Crippen LogP contribution in [0.2, 0.25) is 0 Å². The normalized spacial score (nSPS) is 11.9. The summed E-state index contributed by atoms with van der Waals surface area (Å²) in [5.41, 5.74) is 2.02. The van der Waals surface area contributed by atoms with E-state index in [9.17, 15) is 8.78 Å². The van der Waals surface area contributed by atoms with E-state index in [1.54, 1.807) is 29.0 Å². The summed E-state index contributed by atoms with van der Waals surface area (Å²) in [6.45, 7) is 1.65. The molecule has 0 saturated carbocycles. The highest BCUT2D eigenvalue weighted by molar-refractivity contribution is 5.80. The lowest BCUT2D eigenvalue weighted by Gasteiger charge is -2.18. The molecule has 0 fully saturated rings. The Kier molecular flexibility index (Phi) is 3.05. The smallest absolute Gasteiger partial charge is 0.290 e. The van der Waals surface area contributed by atoms with Crippen LogP contribution >= 0.6 is 0 Å². The minimum absolute atomic E-state index is 0.0500. The van der Waals surface area contributed by atoms with Gasteiger partial charge >= 0.3 is 0 Å². The van der Waals surface area contributed by atoms with Gasteiger partial charge in [-0.15, -0.1) is 0 Å². The fourth-order valence-electron chi connectivity index (χ4n) is 2.44. The number of fused-ring (bicyclic) bond motifs is 1. The van der Waals surface area contributed by atoms with Gasteiger partial charge in [-0.2, -0.15) is 8.78 Å². The SMILES string of the molecule is Cc1ccc2c(ccn2CC(F)(F)c2ccccc2)c1. The molecule has 0 aliphatic heterocycles. The largest absolute Gasteiger partial charge is 0.341 e. The summed E-state index contributed by atoms with van der Waals surface area (Å²) < 4.78 is 30.2. The fourth-order valence-corrected chi connectivity index (χ4v) is 2.44. The van der Waals surface area contributed by atoms with Gasteiger partial charge in [0.1, 0.15) is 0 Å². The highest BCUT2D eigenvalue weighted by atomic mass is 19.3. The molecule has 0 amide bonds. The van der Waals surface area contributed by atoms with E-state index < -0.39 is 5.92 Å². The summed E-state index contributed by atoms with van der Waals surface area (Å²) in [6.07, 6.45) is 1.72. The van der Waals surface area contributed by atoms with Crippen molar-refractivity contribution < 1.29 is 8.78 Å². The standard InChI is InChI=1S/C17H15F2N/c1-13-7-8-16-14(11-13)9-10-20(16)12-17(18,19)15-5-3-2-4-6-15/h2-11H,12H2,1H3. The van der Waals surface area contributed by atoms with Gasteiger partial charge in [-0.25, -0.2) is 0 Å². The molecule has 1 nitrogen and oxygen atoms in total. The van der Waals surface area contributed by atoms with Crippen LogP contribution in [0.1, 0.15) is 11.1 Å². The van der Waals surface area contributed by atoms with E-state index in [1.807, 2.05) is 31.2 Å². The van der Waals surface area contributed by atoms with Crippen LogP contribution in [0.15, 0.2) is 60.8 Å².